The zero-order valence-electron chi connectivity index (χ0n) is 12.1. The van der Waals surface area contributed by atoms with Crippen molar-refractivity contribution in [1.82, 2.24) is 9.29 Å². The molecule has 7 heteroatoms. The Balaban J connectivity index is 2.43. The van der Waals surface area contributed by atoms with Crippen LogP contribution in [0.15, 0.2) is 23.2 Å². The number of rotatable bonds is 5. The average molecular weight is 308 g/mol. The first-order valence-electron chi connectivity index (χ1n) is 7.13. The van der Waals surface area contributed by atoms with Crippen LogP contribution in [-0.2, 0) is 10.0 Å². The minimum Gasteiger partial charge on any atom is -0.330 e. The molecule has 2 N–H and O–H groups in total. The molecule has 0 aromatic carbocycles. The molecule has 2 unspecified atom stereocenters. The van der Waals surface area contributed by atoms with Crippen LogP contribution >= 0.6 is 0 Å². The van der Waals surface area contributed by atoms with Crippen LogP contribution in [0.4, 0.5) is 0 Å². The van der Waals surface area contributed by atoms with E-state index in [-0.39, 0.29) is 22.5 Å². The van der Waals surface area contributed by atoms with Gasteiger partial charge in [0.2, 0.25) is 10.0 Å². The van der Waals surface area contributed by atoms with Gasteiger partial charge in [-0.25, -0.2) is 13.4 Å². The highest BCUT2D eigenvalue weighted by atomic mass is 32.2. The standard InChI is InChI=1S/C14H20N4O2S/c1-2-18(13-6-3-5-11(13)9-15)21(19,20)14-7-4-8-17-12(14)10-16/h4,7-8,11,13H,2-3,5-6,9,15H2,1H3. The second kappa shape index (κ2) is 6.52. The highest BCUT2D eigenvalue weighted by Gasteiger charge is 2.38. The molecular weight excluding hydrogens is 288 g/mol. The zero-order valence-corrected chi connectivity index (χ0v) is 12.9. The van der Waals surface area contributed by atoms with E-state index in [9.17, 15) is 8.42 Å². The first kappa shape index (κ1) is 15.9. The molecule has 1 aliphatic carbocycles. The van der Waals surface area contributed by atoms with Crippen LogP contribution in [-0.4, -0.2) is 36.8 Å². The monoisotopic (exact) mass is 308 g/mol. The molecule has 0 aliphatic heterocycles. The van der Waals surface area contributed by atoms with Crippen LogP contribution in [0, 0.1) is 17.2 Å². The molecule has 0 saturated heterocycles. The van der Waals surface area contributed by atoms with E-state index in [1.807, 2.05) is 13.0 Å². The van der Waals surface area contributed by atoms with Gasteiger partial charge < -0.3 is 5.73 Å². The van der Waals surface area contributed by atoms with Crippen molar-refractivity contribution < 1.29 is 8.42 Å². The number of nitrogens with two attached hydrogens (primary N) is 1. The fourth-order valence-corrected chi connectivity index (χ4v) is 4.88. The first-order valence-corrected chi connectivity index (χ1v) is 8.57. The SMILES string of the molecule is CCN(C1CCCC1CN)S(=O)(=O)c1cccnc1C#N. The van der Waals surface area contributed by atoms with Gasteiger partial charge >= 0.3 is 0 Å². The van der Waals surface area contributed by atoms with Gasteiger partial charge in [0, 0.05) is 18.8 Å². The summed E-state index contributed by atoms with van der Waals surface area (Å²) in [7, 11) is -3.73. The van der Waals surface area contributed by atoms with E-state index in [4.69, 9.17) is 11.0 Å². The van der Waals surface area contributed by atoms with Gasteiger partial charge in [0.05, 0.1) is 0 Å². The smallest absolute Gasteiger partial charge is 0.246 e. The van der Waals surface area contributed by atoms with Crippen molar-refractivity contribution in [3.63, 3.8) is 0 Å². The van der Waals surface area contributed by atoms with E-state index in [0.29, 0.717) is 13.1 Å². The minimum absolute atomic E-state index is 0.0166. The van der Waals surface area contributed by atoms with Crippen molar-refractivity contribution in [2.24, 2.45) is 11.7 Å². The predicted molar refractivity (Wildman–Crippen MR) is 78.7 cm³/mol. The third-order valence-corrected chi connectivity index (χ3v) is 6.10. The number of nitriles is 1. The summed E-state index contributed by atoms with van der Waals surface area (Å²) in [6.45, 7) is 2.66. The molecule has 1 fully saturated rings. The summed E-state index contributed by atoms with van der Waals surface area (Å²) in [6.07, 6.45) is 4.17. The lowest BCUT2D eigenvalue weighted by Crippen LogP contribution is -2.44. The zero-order chi connectivity index (χ0) is 15.5. The predicted octanol–water partition coefficient (Wildman–Crippen LogP) is 1.09. The number of hydrogen-bond donors (Lipinski definition) is 1. The van der Waals surface area contributed by atoms with Gasteiger partial charge in [0.1, 0.15) is 11.0 Å². The number of nitrogens with zero attached hydrogens (tertiary/aromatic N) is 3. The van der Waals surface area contributed by atoms with Crippen LogP contribution in [0.3, 0.4) is 0 Å². The number of aromatic nitrogens is 1. The third-order valence-electron chi connectivity index (χ3n) is 4.07. The Hall–Kier alpha value is -1.49. The van der Waals surface area contributed by atoms with Crippen molar-refractivity contribution in [3.05, 3.63) is 24.0 Å². The normalized spacial score (nSPS) is 22.4. The molecule has 1 heterocycles. The Morgan fingerprint density at radius 3 is 2.90 bits per heavy atom. The summed E-state index contributed by atoms with van der Waals surface area (Å²) in [5, 5.41) is 9.08. The Kier molecular flexibility index (Phi) is 4.93. The molecule has 1 saturated carbocycles. The molecule has 2 atom stereocenters. The molecule has 6 nitrogen and oxygen atoms in total. The fraction of sp³-hybridized carbons (Fsp3) is 0.571. The summed E-state index contributed by atoms with van der Waals surface area (Å²) < 4.78 is 27.3. The van der Waals surface area contributed by atoms with Gasteiger partial charge in [-0.2, -0.15) is 9.57 Å². The van der Waals surface area contributed by atoms with E-state index >= 15 is 0 Å². The van der Waals surface area contributed by atoms with E-state index < -0.39 is 10.0 Å². The summed E-state index contributed by atoms with van der Waals surface area (Å²) in [6, 6.07) is 4.75. The van der Waals surface area contributed by atoms with Crippen LogP contribution < -0.4 is 5.73 Å². The number of hydrogen-bond acceptors (Lipinski definition) is 5. The molecule has 1 aromatic rings. The quantitative estimate of drug-likeness (QED) is 0.877. The first-order chi connectivity index (χ1) is 10.1. The van der Waals surface area contributed by atoms with Crippen LogP contribution in [0.2, 0.25) is 0 Å². The van der Waals surface area contributed by atoms with E-state index in [1.165, 1.54) is 22.6 Å². The maximum atomic E-state index is 12.9. The Morgan fingerprint density at radius 2 is 2.29 bits per heavy atom. The highest BCUT2D eigenvalue weighted by molar-refractivity contribution is 7.89. The second-order valence-corrected chi connectivity index (χ2v) is 7.02. The molecule has 0 amide bonds. The molecule has 0 spiro atoms. The lowest BCUT2D eigenvalue weighted by Gasteiger charge is -2.30. The minimum atomic E-state index is -3.73. The molecule has 0 bridgehead atoms. The van der Waals surface area contributed by atoms with Crippen molar-refractivity contribution in [2.75, 3.05) is 13.1 Å². The Bertz CT molecular complexity index is 639. The molecule has 1 aliphatic rings. The van der Waals surface area contributed by atoms with Gasteiger partial charge in [-0.1, -0.05) is 13.3 Å². The number of pyridine rings is 1. The van der Waals surface area contributed by atoms with Crippen molar-refractivity contribution in [3.8, 4) is 6.07 Å². The van der Waals surface area contributed by atoms with E-state index in [2.05, 4.69) is 4.98 Å². The van der Waals surface area contributed by atoms with Crippen molar-refractivity contribution in [1.29, 1.82) is 5.26 Å². The summed E-state index contributed by atoms with van der Waals surface area (Å²) >= 11 is 0. The van der Waals surface area contributed by atoms with Gasteiger partial charge in [-0.3, -0.25) is 0 Å². The fourth-order valence-electron chi connectivity index (χ4n) is 3.06. The Labute approximate surface area is 125 Å². The molecule has 1 aromatic heterocycles. The maximum absolute atomic E-state index is 12.9. The van der Waals surface area contributed by atoms with Crippen molar-refractivity contribution in [2.45, 2.75) is 37.1 Å². The molecule has 114 valence electrons. The van der Waals surface area contributed by atoms with Crippen LogP contribution in [0.1, 0.15) is 31.9 Å². The molecular formula is C14H20N4O2S. The summed E-state index contributed by atoms with van der Waals surface area (Å²) in [5.74, 6) is 0.182. The van der Waals surface area contributed by atoms with Gasteiger partial charge in [-0.15, -0.1) is 0 Å². The van der Waals surface area contributed by atoms with Crippen LogP contribution in [0.25, 0.3) is 0 Å². The van der Waals surface area contributed by atoms with Gasteiger partial charge in [0.15, 0.2) is 5.69 Å². The van der Waals surface area contributed by atoms with Crippen molar-refractivity contribution >= 4 is 10.0 Å². The maximum Gasteiger partial charge on any atom is 0.246 e. The average Bonchev–Trinajstić information content (AvgIpc) is 2.95. The largest absolute Gasteiger partial charge is 0.330 e. The van der Waals surface area contributed by atoms with E-state index in [0.717, 1.165) is 19.3 Å². The second-order valence-electron chi connectivity index (χ2n) is 5.16. The summed E-state index contributed by atoms with van der Waals surface area (Å²) in [5.41, 5.74) is 5.71. The lowest BCUT2D eigenvalue weighted by molar-refractivity contribution is 0.276. The van der Waals surface area contributed by atoms with Gasteiger partial charge in [-0.05, 0) is 37.4 Å². The molecule has 0 radical (unpaired) electrons. The topological polar surface area (TPSA) is 100 Å². The molecule has 21 heavy (non-hydrogen) atoms. The lowest BCUT2D eigenvalue weighted by atomic mass is 10.0. The number of sulfonamides is 1. The Morgan fingerprint density at radius 1 is 1.52 bits per heavy atom. The highest BCUT2D eigenvalue weighted by Crippen LogP contribution is 2.33. The summed E-state index contributed by atoms with van der Waals surface area (Å²) in [4.78, 5) is 3.84. The van der Waals surface area contributed by atoms with Gasteiger partial charge in [0.25, 0.3) is 0 Å². The molecule has 2 rings (SSSR count). The van der Waals surface area contributed by atoms with Crippen LogP contribution in [0.5, 0.6) is 0 Å². The third kappa shape index (κ3) is 2.93. The van der Waals surface area contributed by atoms with E-state index in [1.54, 1.807) is 0 Å².